The molecular weight excluding hydrogens is 406 g/mol. The van der Waals surface area contributed by atoms with E-state index in [1.165, 1.54) is 32.1 Å². The molecule has 1 atom stereocenters. The van der Waals surface area contributed by atoms with E-state index in [1.54, 1.807) is 24.3 Å². The molecule has 7 heteroatoms. The SMILES string of the molecule is NC1CCCCC1.NCCCCC(N)C(=O)O.O=Cc1ccc(Oc2ccccc2)cc1. The largest absolute Gasteiger partial charge is 0.480 e. The van der Waals surface area contributed by atoms with Gasteiger partial charge in [0, 0.05) is 11.6 Å². The number of aliphatic carboxylic acids is 1. The Balaban J connectivity index is 0.000000261. The van der Waals surface area contributed by atoms with Gasteiger partial charge in [0.25, 0.3) is 0 Å². The fourth-order valence-corrected chi connectivity index (χ4v) is 3.01. The van der Waals surface area contributed by atoms with Crippen molar-refractivity contribution in [3.63, 3.8) is 0 Å². The normalized spacial score (nSPS) is 14.1. The van der Waals surface area contributed by atoms with Gasteiger partial charge in [-0.1, -0.05) is 43.9 Å². The number of nitrogens with two attached hydrogens (primary N) is 3. The van der Waals surface area contributed by atoms with E-state index in [4.69, 9.17) is 27.0 Å². The standard InChI is InChI=1S/C13H10O2.C6H14N2O2.C6H13N/c14-10-11-6-8-13(9-7-11)15-12-4-2-1-3-5-12;7-4-2-1-3-5(8)6(9)10;7-6-4-2-1-3-5-6/h1-10H;5H,1-4,7-8H2,(H,9,10);6H,1-5,7H2. The number of rotatable bonds is 8. The van der Waals surface area contributed by atoms with Gasteiger partial charge in [0.1, 0.15) is 23.8 Å². The van der Waals surface area contributed by atoms with Crippen molar-refractivity contribution >= 4 is 12.3 Å². The van der Waals surface area contributed by atoms with E-state index in [-0.39, 0.29) is 0 Å². The minimum atomic E-state index is -0.933. The number of hydrogen-bond donors (Lipinski definition) is 4. The number of carbonyl (C=O) groups excluding carboxylic acids is 1. The van der Waals surface area contributed by atoms with Gasteiger partial charge in [-0.3, -0.25) is 9.59 Å². The fourth-order valence-electron chi connectivity index (χ4n) is 3.01. The molecule has 0 aromatic heterocycles. The summed E-state index contributed by atoms with van der Waals surface area (Å²) in [5, 5.41) is 8.33. The van der Waals surface area contributed by atoms with Crippen LogP contribution in [0.1, 0.15) is 61.7 Å². The maximum Gasteiger partial charge on any atom is 0.320 e. The monoisotopic (exact) mass is 443 g/mol. The molecule has 1 unspecified atom stereocenters. The summed E-state index contributed by atoms with van der Waals surface area (Å²) < 4.78 is 5.56. The van der Waals surface area contributed by atoms with E-state index in [1.807, 2.05) is 30.3 Å². The number of carbonyl (C=O) groups is 2. The zero-order valence-electron chi connectivity index (χ0n) is 18.7. The second-order valence-electron chi connectivity index (χ2n) is 7.73. The van der Waals surface area contributed by atoms with E-state index >= 15 is 0 Å². The van der Waals surface area contributed by atoms with Gasteiger partial charge in [0.2, 0.25) is 0 Å². The predicted octanol–water partition coefficient (Wildman–Crippen LogP) is 4.10. The third-order valence-corrected chi connectivity index (χ3v) is 4.93. The van der Waals surface area contributed by atoms with Crippen molar-refractivity contribution in [1.82, 2.24) is 0 Å². The first kappa shape index (κ1) is 27.3. The van der Waals surface area contributed by atoms with Gasteiger partial charge < -0.3 is 27.0 Å². The third-order valence-electron chi connectivity index (χ3n) is 4.93. The molecule has 1 fully saturated rings. The molecule has 176 valence electrons. The number of para-hydroxylation sites is 1. The van der Waals surface area contributed by atoms with Crippen LogP contribution in [0.15, 0.2) is 54.6 Å². The quantitative estimate of drug-likeness (QED) is 0.355. The Morgan fingerprint density at radius 3 is 2.06 bits per heavy atom. The van der Waals surface area contributed by atoms with Crippen LogP contribution in [-0.4, -0.2) is 36.0 Å². The average molecular weight is 444 g/mol. The summed E-state index contributed by atoms with van der Waals surface area (Å²) >= 11 is 0. The lowest BCUT2D eigenvalue weighted by Gasteiger charge is -2.15. The topological polar surface area (TPSA) is 142 Å². The molecule has 1 saturated carbocycles. The highest BCUT2D eigenvalue weighted by molar-refractivity contribution is 5.74. The molecule has 1 aliphatic rings. The summed E-state index contributed by atoms with van der Waals surface area (Å²) in [5.41, 5.74) is 16.7. The molecule has 0 amide bonds. The first-order valence-electron chi connectivity index (χ1n) is 11.2. The minimum absolute atomic E-state index is 0.520. The van der Waals surface area contributed by atoms with Gasteiger partial charge in [-0.15, -0.1) is 0 Å². The van der Waals surface area contributed by atoms with Gasteiger partial charge >= 0.3 is 5.97 Å². The van der Waals surface area contributed by atoms with Crippen LogP contribution in [0.4, 0.5) is 0 Å². The number of aldehydes is 1. The Morgan fingerprint density at radius 1 is 1.00 bits per heavy atom. The Hall–Kier alpha value is -2.74. The van der Waals surface area contributed by atoms with Crippen LogP contribution in [-0.2, 0) is 4.79 Å². The van der Waals surface area contributed by atoms with Crippen molar-refractivity contribution in [2.75, 3.05) is 6.54 Å². The van der Waals surface area contributed by atoms with Crippen molar-refractivity contribution in [2.45, 2.75) is 63.5 Å². The zero-order chi connectivity index (χ0) is 23.6. The summed E-state index contributed by atoms with van der Waals surface area (Å²) in [6.07, 6.45) is 9.64. The van der Waals surface area contributed by atoms with Crippen LogP contribution >= 0.6 is 0 Å². The third kappa shape index (κ3) is 12.8. The van der Waals surface area contributed by atoms with Crippen molar-refractivity contribution in [3.8, 4) is 11.5 Å². The lowest BCUT2D eigenvalue weighted by molar-refractivity contribution is -0.138. The molecule has 32 heavy (non-hydrogen) atoms. The van der Waals surface area contributed by atoms with E-state index in [0.29, 0.717) is 24.6 Å². The smallest absolute Gasteiger partial charge is 0.320 e. The van der Waals surface area contributed by atoms with Crippen molar-refractivity contribution in [1.29, 1.82) is 0 Å². The molecule has 0 heterocycles. The highest BCUT2D eigenvalue weighted by Gasteiger charge is 2.09. The molecule has 2 aromatic rings. The zero-order valence-corrected chi connectivity index (χ0v) is 18.7. The molecule has 7 nitrogen and oxygen atoms in total. The Morgan fingerprint density at radius 2 is 1.59 bits per heavy atom. The molecule has 3 rings (SSSR count). The summed E-state index contributed by atoms with van der Waals surface area (Å²) in [6.45, 7) is 0.604. The van der Waals surface area contributed by atoms with Gasteiger partial charge in [-0.25, -0.2) is 0 Å². The summed E-state index contributed by atoms with van der Waals surface area (Å²) in [4.78, 5) is 20.6. The number of carboxylic acid groups (broad SMARTS) is 1. The molecule has 0 radical (unpaired) electrons. The molecular formula is C25H37N3O4. The Labute approximate surface area is 190 Å². The second-order valence-corrected chi connectivity index (χ2v) is 7.73. The van der Waals surface area contributed by atoms with Crippen LogP contribution in [0.2, 0.25) is 0 Å². The van der Waals surface area contributed by atoms with Gasteiger partial charge in [-0.05, 0) is 68.6 Å². The van der Waals surface area contributed by atoms with Crippen LogP contribution in [0, 0.1) is 0 Å². The lowest BCUT2D eigenvalue weighted by atomic mass is 9.97. The van der Waals surface area contributed by atoms with Gasteiger partial charge in [-0.2, -0.15) is 0 Å². The first-order valence-corrected chi connectivity index (χ1v) is 11.2. The summed E-state index contributed by atoms with van der Waals surface area (Å²) in [6, 6.07) is 16.3. The Bertz CT molecular complexity index is 748. The first-order chi connectivity index (χ1) is 15.5. The number of unbranched alkanes of at least 4 members (excludes halogenated alkanes) is 1. The van der Waals surface area contributed by atoms with E-state index < -0.39 is 12.0 Å². The maximum absolute atomic E-state index is 10.4. The van der Waals surface area contributed by atoms with Gasteiger partial charge in [0.15, 0.2) is 0 Å². The fraction of sp³-hybridized carbons (Fsp3) is 0.440. The number of hydrogen-bond acceptors (Lipinski definition) is 6. The molecule has 2 aromatic carbocycles. The molecule has 1 aliphatic carbocycles. The van der Waals surface area contributed by atoms with Crippen LogP contribution in [0.5, 0.6) is 11.5 Å². The van der Waals surface area contributed by atoms with Crippen LogP contribution < -0.4 is 21.9 Å². The molecule has 0 saturated heterocycles. The average Bonchev–Trinajstić information content (AvgIpc) is 2.82. The van der Waals surface area contributed by atoms with Crippen molar-refractivity contribution in [3.05, 3.63) is 60.2 Å². The highest BCUT2D eigenvalue weighted by Crippen LogP contribution is 2.20. The number of benzene rings is 2. The van der Waals surface area contributed by atoms with Crippen molar-refractivity contribution in [2.24, 2.45) is 17.2 Å². The molecule has 7 N–H and O–H groups in total. The lowest BCUT2D eigenvalue weighted by Crippen LogP contribution is -2.29. The molecule has 0 spiro atoms. The Kier molecular flexibility index (Phi) is 14.4. The van der Waals surface area contributed by atoms with Crippen molar-refractivity contribution < 1.29 is 19.4 Å². The predicted molar refractivity (Wildman–Crippen MR) is 128 cm³/mol. The number of carboxylic acids is 1. The highest BCUT2D eigenvalue weighted by atomic mass is 16.5. The maximum atomic E-state index is 10.4. The van der Waals surface area contributed by atoms with E-state index in [2.05, 4.69) is 0 Å². The van der Waals surface area contributed by atoms with Gasteiger partial charge in [0.05, 0.1) is 0 Å². The number of ether oxygens (including phenoxy) is 1. The summed E-state index contributed by atoms with van der Waals surface area (Å²) in [5.74, 6) is 0.583. The molecule has 0 bridgehead atoms. The van der Waals surface area contributed by atoms with E-state index in [9.17, 15) is 9.59 Å². The molecule has 0 aliphatic heterocycles. The van der Waals surface area contributed by atoms with Crippen LogP contribution in [0.3, 0.4) is 0 Å². The van der Waals surface area contributed by atoms with Crippen LogP contribution in [0.25, 0.3) is 0 Å². The van der Waals surface area contributed by atoms with E-state index in [0.717, 1.165) is 30.6 Å². The second kappa shape index (κ2) is 16.9. The summed E-state index contributed by atoms with van der Waals surface area (Å²) in [7, 11) is 0. The minimum Gasteiger partial charge on any atom is -0.480 e.